The zero-order chi connectivity index (χ0) is 18.9. The quantitative estimate of drug-likeness (QED) is 0.643. The maximum Gasteiger partial charge on any atom is 0.0314 e. The van der Waals surface area contributed by atoms with Crippen LogP contribution in [0.4, 0.5) is 11.4 Å². The highest BCUT2D eigenvalue weighted by atomic mass is 14.6. The molecule has 0 amide bonds. The van der Waals surface area contributed by atoms with E-state index in [0.717, 1.165) is 29.1 Å². The van der Waals surface area contributed by atoms with Crippen LogP contribution in [0.15, 0.2) is 48.5 Å². The smallest absolute Gasteiger partial charge is 0.0314 e. The molecule has 2 heteroatoms. The largest absolute Gasteiger partial charge is 0.399 e. The normalized spacial score (nSPS) is 26.0. The molecule has 4 rings (SSSR count). The first-order valence-corrected chi connectivity index (χ1v) is 10.8. The molecule has 0 saturated heterocycles. The molecule has 2 aliphatic rings. The summed E-state index contributed by atoms with van der Waals surface area (Å²) in [6.45, 7) is 2.42. The molecule has 144 valence electrons. The minimum Gasteiger partial charge on any atom is -0.399 e. The van der Waals surface area contributed by atoms with E-state index in [4.69, 9.17) is 11.5 Å². The number of hydrogen-bond acceptors (Lipinski definition) is 2. The molecule has 2 aliphatic carbocycles. The fourth-order valence-electron chi connectivity index (χ4n) is 5.71. The second-order valence-electron chi connectivity index (χ2n) is 9.18. The predicted octanol–water partition coefficient (Wildman–Crippen LogP) is 6.15. The Bertz CT molecular complexity index is 683. The fourth-order valence-corrected chi connectivity index (χ4v) is 5.71. The Kier molecular flexibility index (Phi) is 5.16. The molecule has 4 N–H and O–H groups in total. The molecule has 0 atom stereocenters. The van der Waals surface area contributed by atoms with Crippen molar-refractivity contribution in [3.63, 3.8) is 0 Å². The van der Waals surface area contributed by atoms with E-state index < -0.39 is 0 Å². The Morgan fingerprint density at radius 2 is 1.04 bits per heavy atom. The summed E-state index contributed by atoms with van der Waals surface area (Å²) < 4.78 is 0. The molecule has 0 aliphatic heterocycles. The molecule has 0 aromatic heterocycles. The van der Waals surface area contributed by atoms with Gasteiger partial charge in [-0.2, -0.15) is 0 Å². The summed E-state index contributed by atoms with van der Waals surface area (Å²) in [6, 6.07) is 17.2. The first-order chi connectivity index (χ1) is 13.1. The first kappa shape index (κ1) is 18.4. The maximum absolute atomic E-state index is 5.97. The van der Waals surface area contributed by atoms with E-state index in [-0.39, 0.29) is 5.41 Å². The van der Waals surface area contributed by atoms with Gasteiger partial charge in [0.25, 0.3) is 0 Å². The number of benzene rings is 2. The maximum atomic E-state index is 5.97. The summed E-state index contributed by atoms with van der Waals surface area (Å²) >= 11 is 0. The van der Waals surface area contributed by atoms with Crippen LogP contribution in [-0.2, 0) is 5.41 Å². The van der Waals surface area contributed by atoms with Crippen LogP contribution < -0.4 is 11.5 Å². The molecule has 2 fully saturated rings. The number of hydrogen-bond donors (Lipinski definition) is 2. The van der Waals surface area contributed by atoms with Crippen molar-refractivity contribution in [1.29, 1.82) is 0 Å². The predicted molar refractivity (Wildman–Crippen MR) is 116 cm³/mol. The van der Waals surface area contributed by atoms with Gasteiger partial charge in [-0.1, -0.05) is 44.0 Å². The van der Waals surface area contributed by atoms with E-state index in [2.05, 4.69) is 55.5 Å². The van der Waals surface area contributed by atoms with Crippen molar-refractivity contribution in [1.82, 2.24) is 0 Å². The second-order valence-corrected chi connectivity index (χ2v) is 9.18. The lowest BCUT2D eigenvalue weighted by atomic mass is 9.60. The van der Waals surface area contributed by atoms with Gasteiger partial charge < -0.3 is 11.5 Å². The van der Waals surface area contributed by atoms with Crippen molar-refractivity contribution in [2.75, 3.05) is 11.5 Å². The Hall–Kier alpha value is -1.96. The lowest BCUT2D eigenvalue weighted by molar-refractivity contribution is 0.147. The third-order valence-electron chi connectivity index (χ3n) is 7.54. The van der Waals surface area contributed by atoms with E-state index in [9.17, 15) is 0 Å². The van der Waals surface area contributed by atoms with Gasteiger partial charge >= 0.3 is 0 Å². The first-order valence-electron chi connectivity index (χ1n) is 10.8. The van der Waals surface area contributed by atoms with Gasteiger partial charge in [0.15, 0.2) is 0 Å². The molecule has 2 nitrogen and oxygen atoms in total. The lowest BCUT2D eigenvalue weighted by Gasteiger charge is -2.44. The lowest BCUT2D eigenvalue weighted by Crippen LogP contribution is -2.35. The van der Waals surface area contributed by atoms with Crippen LogP contribution in [0.3, 0.4) is 0 Å². The standard InChI is InChI=1S/C25H34N2/c1-18-2-4-19(5-3-18)20-14-16-25(17-15-20,21-6-10-23(26)11-7-21)22-8-12-24(27)13-9-22/h6-13,18-20H,2-5,14-17,26-27H2,1H3. The number of nitrogens with two attached hydrogens (primary N) is 2. The summed E-state index contributed by atoms with van der Waals surface area (Å²) in [6.07, 6.45) is 10.9. The van der Waals surface area contributed by atoms with Crippen molar-refractivity contribution >= 4 is 11.4 Å². The second kappa shape index (κ2) is 7.58. The highest BCUT2D eigenvalue weighted by molar-refractivity contribution is 5.49. The average molecular weight is 363 g/mol. The molecule has 0 spiro atoms. The summed E-state index contributed by atoms with van der Waals surface area (Å²) in [5.74, 6) is 2.80. The van der Waals surface area contributed by atoms with Crippen LogP contribution in [0, 0.1) is 17.8 Å². The molecule has 0 unspecified atom stereocenters. The number of anilines is 2. The van der Waals surface area contributed by atoms with Crippen molar-refractivity contribution in [2.45, 2.75) is 63.7 Å². The van der Waals surface area contributed by atoms with Gasteiger partial charge in [-0.05, 0) is 91.7 Å². The molecule has 2 aromatic rings. The van der Waals surface area contributed by atoms with Gasteiger partial charge in [-0.15, -0.1) is 0 Å². The van der Waals surface area contributed by atoms with Crippen LogP contribution in [-0.4, -0.2) is 0 Å². The Morgan fingerprint density at radius 1 is 0.630 bits per heavy atom. The molecule has 27 heavy (non-hydrogen) atoms. The molecule has 0 radical (unpaired) electrons. The topological polar surface area (TPSA) is 52.0 Å². The Morgan fingerprint density at radius 3 is 1.48 bits per heavy atom. The van der Waals surface area contributed by atoms with Gasteiger partial charge in [0.2, 0.25) is 0 Å². The van der Waals surface area contributed by atoms with Crippen molar-refractivity contribution in [3.05, 3.63) is 59.7 Å². The van der Waals surface area contributed by atoms with E-state index in [1.54, 1.807) is 0 Å². The molecule has 2 aromatic carbocycles. The zero-order valence-corrected chi connectivity index (χ0v) is 16.7. The van der Waals surface area contributed by atoms with Crippen LogP contribution >= 0.6 is 0 Å². The highest BCUT2D eigenvalue weighted by Gasteiger charge is 2.40. The summed E-state index contributed by atoms with van der Waals surface area (Å²) in [4.78, 5) is 0. The number of nitrogen functional groups attached to an aromatic ring is 2. The van der Waals surface area contributed by atoms with E-state index >= 15 is 0 Å². The van der Waals surface area contributed by atoms with Gasteiger partial charge in [-0.3, -0.25) is 0 Å². The van der Waals surface area contributed by atoms with Crippen molar-refractivity contribution < 1.29 is 0 Å². The highest BCUT2D eigenvalue weighted by Crippen LogP contribution is 2.50. The Labute approximate surface area is 164 Å². The number of rotatable bonds is 3. The Balaban J connectivity index is 1.59. The zero-order valence-electron chi connectivity index (χ0n) is 16.7. The van der Waals surface area contributed by atoms with E-state index in [0.29, 0.717) is 0 Å². The minimum atomic E-state index is 0.111. The third-order valence-corrected chi connectivity index (χ3v) is 7.54. The summed E-state index contributed by atoms with van der Waals surface area (Å²) in [5, 5.41) is 0. The summed E-state index contributed by atoms with van der Waals surface area (Å²) in [5.41, 5.74) is 16.6. The SMILES string of the molecule is CC1CCC(C2CCC(c3ccc(N)cc3)(c3ccc(N)cc3)CC2)CC1. The summed E-state index contributed by atoms with van der Waals surface area (Å²) in [7, 11) is 0. The van der Waals surface area contributed by atoms with Crippen molar-refractivity contribution in [3.8, 4) is 0 Å². The van der Waals surface area contributed by atoms with Crippen LogP contribution in [0.5, 0.6) is 0 Å². The van der Waals surface area contributed by atoms with Crippen LogP contribution in [0.2, 0.25) is 0 Å². The van der Waals surface area contributed by atoms with Crippen LogP contribution in [0.1, 0.15) is 69.4 Å². The molecule has 0 heterocycles. The van der Waals surface area contributed by atoms with Gasteiger partial charge in [-0.25, -0.2) is 0 Å². The van der Waals surface area contributed by atoms with Crippen molar-refractivity contribution in [2.24, 2.45) is 17.8 Å². The van der Waals surface area contributed by atoms with E-state index in [1.807, 2.05) is 0 Å². The van der Waals surface area contributed by atoms with E-state index in [1.165, 1.54) is 62.5 Å². The molecule has 2 saturated carbocycles. The van der Waals surface area contributed by atoms with Crippen LogP contribution in [0.25, 0.3) is 0 Å². The minimum absolute atomic E-state index is 0.111. The molecular weight excluding hydrogens is 328 g/mol. The molecular formula is C25H34N2. The van der Waals surface area contributed by atoms with Gasteiger partial charge in [0, 0.05) is 16.8 Å². The third kappa shape index (κ3) is 3.72. The monoisotopic (exact) mass is 362 g/mol. The van der Waals surface area contributed by atoms with Gasteiger partial charge in [0.05, 0.1) is 0 Å². The fraction of sp³-hybridized carbons (Fsp3) is 0.520. The van der Waals surface area contributed by atoms with Gasteiger partial charge in [0.1, 0.15) is 0 Å². The molecule has 0 bridgehead atoms. The average Bonchev–Trinajstić information content (AvgIpc) is 2.70.